The van der Waals surface area contributed by atoms with Crippen LogP contribution >= 0.6 is 23.2 Å². The number of urea groups is 1. The number of carbonyl (C=O) groups is 2. The minimum Gasteiger partial charge on any atom is -0.479 e. The van der Waals surface area contributed by atoms with Crippen LogP contribution in [-0.2, 0) is 4.79 Å². The molecule has 3 amide bonds. The Morgan fingerprint density at radius 1 is 1.00 bits per heavy atom. The minimum atomic E-state index is -0.813. The van der Waals surface area contributed by atoms with Gasteiger partial charge >= 0.3 is 6.03 Å². The molecule has 2 aromatic rings. The van der Waals surface area contributed by atoms with E-state index in [1.807, 2.05) is 0 Å². The van der Waals surface area contributed by atoms with Gasteiger partial charge in [0.05, 0.1) is 5.69 Å². The summed E-state index contributed by atoms with van der Waals surface area (Å²) in [6.45, 7) is 1.63. The molecule has 0 aliphatic heterocycles. The van der Waals surface area contributed by atoms with Gasteiger partial charge < -0.3 is 20.7 Å². The Labute approximate surface area is 186 Å². The Hall–Kier alpha value is -2.44. The molecule has 0 spiro atoms. The number of hydrogen-bond donors (Lipinski definition) is 3. The number of amides is 3. The molecule has 3 rings (SSSR count). The number of nitrogens with one attached hydrogen (secondary N) is 3. The average Bonchev–Trinajstić information content (AvgIpc) is 2.69. The molecule has 3 N–H and O–H groups in total. The third kappa shape index (κ3) is 6.54. The van der Waals surface area contributed by atoms with Crippen LogP contribution < -0.4 is 20.7 Å². The van der Waals surface area contributed by atoms with E-state index in [2.05, 4.69) is 16.0 Å². The predicted molar refractivity (Wildman–Crippen MR) is 121 cm³/mol. The van der Waals surface area contributed by atoms with Crippen LogP contribution in [0, 0.1) is 0 Å². The molecule has 1 saturated carbocycles. The molecule has 8 heteroatoms. The first-order valence-electron chi connectivity index (χ1n) is 10.0. The van der Waals surface area contributed by atoms with E-state index < -0.39 is 6.10 Å². The van der Waals surface area contributed by atoms with E-state index in [9.17, 15) is 9.59 Å². The molecule has 1 aliphatic rings. The summed E-state index contributed by atoms with van der Waals surface area (Å²) in [4.78, 5) is 24.9. The second kappa shape index (κ2) is 10.5. The molecular weight excluding hydrogens is 425 g/mol. The topological polar surface area (TPSA) is 79.5 Å². The summed E-state index contributed by atoms with van der Waals surface area (Å²) < 4.78 is 5.81. The lowest BCUT2D eigenvalue weighted by atomic mass is 9.96. The maximum atomic E-state index is 12.5. The molecule has 1 unspecified atom stereocenters. The SMILES string of the molecule is CC(Oc1ccccc1NC(=O)NC1CCCCC1)C(=O)Nc1cc(Cl)cc(Cl)c1. The van der Waals surface area contributed by atoms with Gasteiger partial charge in [0, 0.05) is 21.8 Å². The highest BCUT2D eigenvalue weighted by atomic mass is 35.5. The molecule has 0 heterocycles. The van der Waals surface area contributed by atoms with Gasteiger partial charge in [-0.1, -0.05) is 54.6 Å². The monoisotopic (exact) mass is 449 g/mol. The number of halogens is 2. The van der Waals surface area contributed by atoms with Crippen molar-refractivity contribution in [1.29, 1.82) is 0 Å². The number of hydrogen-bond acceptors (Lipinski definition) is 3. The van der Waals surface area contributed by atoms with Gasteiger partial charge in [-0.3, -0.25) is 4.79 Å². The summed E-state index contributed by atoms with van der Waals surface area (Å²) >= 11 is 11.9. The second-order valence-electron chi connectivity index (χ2n) is 7.34. The lowest BCUT2D eigenvalue weighted by Gasteiger charge is -2.23. The fraction of sp³-hybridized carbons (Fsp3) is 0.364. The molecule has 0 saturated heterocycles. The van der Waals surface area contributed by atoms with Crippen molar-refractivity contribution < 1.29 is 14.3 Å². The number of ether oxygens (including phenoxy) is 1. The molecule has 0 radical (unpaired) electrons. The largest absolute Gasteiger partial charge is 0.479 e. The van der Waals surface area contributed by atoms with Gasteiger partial charge in [-0.15, -0.1) is 0 Å². The van der Waals surface area contributed by atoms with Gasteiger partial charge in [-0.2, -0.15) is 0 Å². The lowest BCUT2D eigenvalue weighted by molar-refractivity contribution is -0.122. The molecule has 6 nitrogen and oxygen atoms in total. The standard InChI is InChI=1S/C22H25Cl2N3O3/c1-14(21(28)25-18-12-15(23)11-16(24)13-18)30-20-10-6-5-9-19(20)27-22(29)26-17-7-3-2-4-8-17/h5-6,9-14,17H,2-4,7-8H2,1H3,(H,25,28)(H2,26,27,29). The van der Waals surface area contributed by atoms with E-state index in [4.69, 9.17) is 27.9 Å². The number of anilines is 2. The van der Waals surface area contributed by atoms with Crippen molar-refractivity contribution in [2.45, 2.75) is 51.2 Å². The maximum absolute atomic E-state index is 12.5. The Balaban J connectivity index is 1.60. The Morgan fingerprint density at radius 2 is 1.67 bits per heavy atom. The molecule has 0 aromatic heterocycles. The van der Waals surface area contributed by atoms with E-state index in [1.165, 1.54) is 6.42 Å². The summed E-state index contributed by atoms with van der Waals surface area (Å²) in [5.74, 6) is 0.0397. The predicted octanol–water partition coefficient (Wildman–Crippen LogP) is 5.85. The van der Waals surface area contributed by atoms with E-state index in [1.54, 1.807) is 49.4 Å². The van der Waals surface area contributed by atoms with Gasteiger partial charge in [0.15, 0.2) is 6.10 Å². The first-order valence-corrected chi connectivity index (χ1v) is 10.8. The number of benzene rings is 2. The van der Waals surface area contributed by atoms with Crippen LogP contribution in [-0.4, -0.2) is 24.1 Å². The summed E-state index contributed by atoms with van der Waals surface area (Å²) in [5, 5.41) is 9.40. The Morgan fingerprint density at radius 3 is 2.37 bits per heavy atom. The Bertz CT molecular complexity index is 881. The Kier molecular flexibility index (Phi) is 7.82. The summed E-state index contributed by atoms with van der Waals surface area (Å²) in [5.41, 5.74) is 0.975. The molecule has 1 aliphatic carbocycles. The van der Waals surface area contributed by atoms with Gasteiger partial charge in [0.25, 0.3) is 5.91 Å². The van der Waals surface area contributed by atoms with Crippen molar-refractivity contribution in [3.8, 4) is 5.75 Å². The van der Waals surface area contributed by atoms with Gasteiger partial charge in [0.1, 0.15) is 5.75 Å². The van der Waals surface area contributed by atoms with Gasteiger partial charge in [0.2, 0.25) is 0 Å². The zero-order valence-electron chi connectivity index (χ0n) is 16.7. The zero-order chi connectivity index (χ0) is 21.5. The smallest absolute Gasteiger partial charge is 0.319 e. The van der Waals surface area contributed by atoms with Crippen LogP contribution in [0.2, 0.25) is 10.0 Å². The third-order valence-electron chi connectivity index (χ3n) is 4.88. The maximum Gasteiger partial charge on any atom is 0.319 e. The molecule has 1 atom stereocenters. The van der Waals surface area contributed by atoms with Crippen LogP contribution in [0.1, 0.15) is 39.0 Å². The number of carbonyl (C=O) groups excluding carboxylic acids is 2. The van der Waals surface area contributed by atoms with Crippen LogP contribution in [0.5, 0.6) is 5.75 Å². The first-order chi connectivity index (χ1) is 14.4. The highest BCUT2D eigenvalue weighted by molar-refractivity contribution is 6.35. The number of rotatable bonds is 6. The van der Waals surface area contributed by atoms with E-state index in [-0.39, 0.29) is 18.0 Å². The zero-order valence-corrected chi connectivity index (χ0v) is 18.2. The van der Waals surface area contributed by atoms with Crippen molar-refractivity contribution in [3.63, 3.8) is 0 Å². The summed E-state index contributed by atoms with van der Waals surface area (Å²) in [7, 11) is 0. The fourth-order valence-electron chi connectivity index (χ4n) is 3.38. The molecular formula is C22H25Cl2N3O3. The first kappa shape index (κ1) is 22.2. The average molecular weight is 450 g/mol. The van der Waals surface area contributed by atoms with Crippen LogP contribution in [0.3, 0.4) is 0 Å². The second-order valence-corrected chi connectivity index (χ2v) is 8.21. The van der Waals surface area contributed by atoms with Crippen molar-refractivity contribution in [1.82, 2.24) is 5.32 Å². The van der Waals surface area contributed by atoms with Crippen molar-refractivity contribution >= 4 is 46.5 Å². The molecule has 0 bridgehead atoms. The minimum absolute atomic E-state index is 0.195. The molecule has 1 fully saturated rings. The van der Waals surface area contributed by atoms with Crippen molar-refractivity contribution in [3.05, 3.63) is 52.5 Å². The summed E-state index contributed by atoms with van der Waals surface area (Å²) in [6.07, 6.45) is 4.67. The van der Waals surface area contributed by atoms with Crippen LogP contribution in [0.4, 0.5) is 16.2 Å². The normalized spacial score (nSPS) is 15.2. The highest BCUT2D eigenvalue weighted by Gasteiger charge is 2.19. The van der Waals surface area contributed by atoms with Gasteiger partial charge in [-0.05, 0) is 50.1 Å². The lowest BCUT2D eigenvalue weighted by Crippen LogP contribution is -2.39. The van der Waals surface area contributed by atoms with Crippen LogP contribution in [0.15, 0.2) is 42.5 Å². The van der Waals surface area contributed by atoms with Crippen LogP contribution in [0.25, 0.3) is 0 Å². The van der Waals surface area contributed by atoms with E-state index in [0.717, 1.165) is 25.7 Å². The highest BCUT2D eigenvalue weighted by Crippen LogP contribution is 2.26. The molecule has 160 valence electrons. The van der Waals surface area contributed by atoms with Gasteiger partial charge in [-0.25, -0.2) is 4.79 Å². The van der Waals surface area contributed by atoms with Crippen molar-refractivity contribution in [2.24, 2.45) is 0 Å². The molecule has 30 heavy (non-hydrogen) atoms. The van der Waals surface area contributed by atoms with Crippen molar-refractivity contribution in [2.75, 3.05) is 10.6 Å². The number of para-hydroxylation sites is 2. The molecule has 2 aromatic carbocycles. The fourth-order valence-corrected chi connectivity index (χ4v) is 3.90. The quantitative estimate of drug-likeness (QED) is 0.516. The van der Waals surface area contributed by atoms with E-state index >= 15 is 0 Å². The summed E-state index contributed by atoms with van der Waals surface area (Å²) in [6, 6.07) is 11.7. The third-order valence-corrected chi connectivity index (χ3v) is 5.32. The van der Waals surface area contributed by atoms with E-state index in [0.29, 0.717) is 27.2 Å².